The normalized spacial score (nSPS) is 11.1. The van der Waals surface area contributed by atoms with E-state index in [0.29, 0.717) is 35.8 Å². The van der Waals surface area contributed by atoms with E-state index in [0.717, 1.165) is 43.5 Å². The number of amides is 1. The third-order valence-electron chi connectivity index (χ3n) is 8.64. The minimum Gasteiger partial charge on any atom is -1.00 e. The van der Waals surface area contributed by atoms with Crippen molar-refractivity contribution in [3.8, 4) is 5.75 Å². The maximum Gasteiger partial charge on any atom is 0.338 e. The van der Waals surface area contributed by atoms with Crippen molar-refractivity contribution in [1.29, 1.82) is 0 Å². The number of quaternary nitrogens is 1. The molecule has 2 aromatic rings. The highest BCUT2D eigenvalue weighted by atomic mass is 79.9. The van der Waals surface area contributed by atoms with Crippen LogP contribution < -0.4 is 27.0 Å². The fourth-order valence-electron chi connectivity index (χ4n) is 5.52. The summed E-state index contributed by atoms with van der Waals surface area (Å²) in [6.07, 6.45) is 16.3. The SMILES string of the molecule is CCCCCCCCC[N+](CC)(CC)CCOC(=O)c1ccc(NC(=O)c2ccccc2OCCCCCCCC)cc1.[Br-]. The molecule has 248 valence electrons. The monoisotopic (exact) mass is 674 g/mol. The number of unbranched alkanes of at least 4 members (excludes halogenated alkanes) is 11. The Labute approximate surface area is 278 Å². The largest absolute Gasteiger partial charge is 1.00 e. The lowest BCUT2D eigenvalue weighted by Gasteiger charge is -2.36. The van der Waals surface area contributed by atoms with Gasteiger partial charge in [-0.05, 0) is 69.5 Å². The summed E-state index contributed by atoms with van der Waals surface area (Å²) in [7, 11) is 0. The highest BCUT2D eigenvalue weighted by Crippen LogP contribution is 2.21. The number of halogens is 1. The summed E-state index contributed by atoms with van der Waals surface area (Å²) >= 11 is 0. The standard InChI is InChI=1S/C37H58N2O4.BrH/c1-5-9-11-13-15-16-20-28-39(7-3,8-4)29-31-43-37(41)32-24-26-33(27-25-32)38-36(40)34-22-18-19-23-35(34)42-30-21-17-14-12-10-6-2;/h18-19,22-27H,5-17,20-21,28-31H2,1-4H3;1H. The molecule has 0 saturated carbocycles. The second-order valence-electron chi connectivity index (χ2n) is 11.8. The van der Waals surface area contributed by atoms with E-state index in [4.69, 9.17) is 9.47 Å². The number of carbonyl (C=O) groups excluding carboxylic acids is 2. The maximum atomic E-state index is 13.0. The van der Waals surface area contributed by atoms with Crippen molar-refractivity contribution in [3.05, 3.63) is 59.7 Å². The van der Waals surface area contributed by atoms with Gasteiger partial charge in [-0.15, -0.1) is 0 Å². The summed E-state index contributed by atoms with van der Waals surface area (Å²) in [6.45, 7) is 14.0. The first kappa shape index (κ1) is 39.6. The predicted molar refractivity (Wildman–Crippen MR) is 179 cm³/mol. The Morgan fingerprint density at radius 3 is 1.84 bits per heavy atom. The molecule has 0 aliphatic carbocycles. The zero-order valence-electron chi connectivity index (χ0n) is 28.0. The Balaban J connectivity index is 0.00000968. The number of likely N-dealkylation sites (N-methyl/N-ethyl adjacent to an activating group) is 1. The predicted octanol–water partition coefficient (Wildman–Crippen LogP) is 6.45. The molecule has 0 aliphatic heterocycles. The van der Waals surface area contributed by atoms with Crippen molar-refractivity contribution in [2.24, 2.45) is 0 Å². The van der Waals surface area contributed by atoms with Gasteiger partial charge in [0.1, 0.15) is 18.9 Å². The van der Waals surface area contributed by atoms with Gasteiger partial charge in [-0.25, -0.2) is 4.79 Å². The van der Waals surface area contributed by atoms with Crippen LogP contribution in [0.2, 0.25) is 0 Å². The second-order valence-corrected chi connectivity index (χ2v) is 11.8. The van der Waals surface area contributed by atoms with E-state index in [1.165, 1.54) is 70.6 Å². The van der Waals surface area contributed by atoms with Crippen molar-refractivity contribution in [2.45, 2.75) is 111 Å². The minimum absolute atomic E-state index is 0. The molecule has 0 saturated heterocycles. The molecule has 0 spiro atoms. The van der Waals surface area contributed by atoms with Crippen LogP contribution in [0.1, 0.15) is 132 Å². The quantitative estimate of drug-likeness (QED) is 0.0790. The van der Waals surface area contributed by atoms with Crippen molar-refractivity contribution in [3.63, 3.8) is 0 Å². The molecule has 0 unspecified atom stereocenters. The summed E-state index contributed by atoms with van der Waals surface area (Å²) in [5, 5.41) is 2.93. The van der Waals surface area contributed by atoms with Crippen LogP contribution in [-0.2, 0) is 4.74 Å². The maximum absolute atomic E-state index is 13.0. The number of anilines is 1. The molecule has 6 nitrogen and oxygen atoms in total. The number of benzene rings is 2. The van der Waals surface area contributed by atoms with Crippen LogP contribution in [0.5, 0.6) is 5.75 Å². The summed E-state index contributed by atoms with van der Waals surface area (Å²) in [6, 6.07) is 14.2. The van der Waals surface area contributed by atoms with Crippen LogP contribution in [0.3, 0.4) is 0 Å². The summed E-state index contributed by atoms with van der Waals surface area (Å²) in [5.41, 5.74) is 1.61. The Morgan fingerprint density at radius 1 is 0.659 bits per heavy atom. The van der Waals surface area contributed by atoms with Crippen LogP contribution >= 0.6 is 0 Å². The first-order chi connectivity index (χ1) is 21.0. The lowest BCUT2D eigenvalue weighted by Crippen LogP contribution is -3.00. The smallest absolute Gasteiger partial charge is 0.338 e. The van der Waals surface area contributed by atoms with E-state index in [2.05, 4.69) is 33.0 Å². The molecule has 0 fully saturated rings. The molecule has 1 N–H and O–H groups in total. The van der Waals surface area contributed by atoms with Crippen molar-refractivity contribution < 1.29 is 40.5 Å². The van der Waals surface area contributed by atoms with E-state index >= 15 is 0 Å². The van der Waals surface area contributed by atoms with Crippen LogP contribution in [-0.4, -0.2) is 55.8 Å². The van der Waals surface area contributed by atoms with Crippen LogP contribution in [0.15, 0.2) is 48.5 Å². The summed E-state index contributed by atoms with van der Waals surface area (Å²) < 4.78 is 12.6. The highest BCUT2D eigenvalue weighted by Gasteiger charge is 2.23. The van der Waals surface area contributed by atoms with E-state index in [-0.39, 0.29) is 28.9 Å². The number of hydrogen-bond donors (Lipinski definition) is 1. The molecule has 2 rings (SSSR count). The second kappa shape index (κ2) is 23.9. The number of nitrogens with one attached hydrogen (secondary N) is 1. The Bertz CT molecular complexity index is 1040. The van der Waals surface area contributed by atoms with Crippen molar-refractivity contribution >= 4 is 17.6 Å². The van der Waals surface area contributed by atoms with Gasteiger partial charge in [-0.1, -0.05) is 90.2 Å². The van der Waals surface area contributed by atoms with E-state index in [1.54, 1.807) is 30.3 Å². The summed E-state index contributed by atoms with van der Waals surface area (Å²) in [4.78, 5) is 25.8. The molecule has 0 heterocycles. The molecule has 0 radical (unpaired) electrons. The van der Waals surface area contributed by atoms with Gasteiger partial charge in [0.25, 0.3) is 5.91 Å². The molecule has 7 heteroatoms. The fourth-order valence-corrected chi connectivity index (χ4v) is 5.52. The zero-order valence-corrected chi connectivity index (χ0v) is 29.6. The van der Waals surface area contributed by atoms with Crippen LogP contribution in [0.25, 0.3) is 0 Å². The van der Waals surface area contributed by atoms with Crippen LogP contribution in [0.4, 0.5) is 5.69 Å². The molecule has 1 amide bonds. The number of rotatable bonds is 24. The van der Waals surface area contributed by atoms with Crippen molar-refractivity contribution in [1.82, 2.24) is 0 Å². The van der Waals surface area contributed by atoms with Gasteiger partial charge >= 0.3 is 5.97 Å². The highest BCUT2D eigenvalue weighted by molar-refractivity contribution is 6.06. The fraction of sp³-hybridized carbons (Fsp3) is 0.622. The number of ether oxygens (including phenoxy) is 2. The van der Waals surface area contributed by atoms with Gasteiger partial charge in [-0.3, -0.25) is 4.79 Å². The molecule has 44 heavy (non-hydrogen) atoms. The molecule has 0 bridgehead atoms. The first-order valence-electron chi connectivity index (χ1n) is 17.1. The van der Waals surface area contributed by atoms with Gasteiger partial charge in [-0.2, -0.15) is 0 Å². The number of para-hydroxylation sites is 1. The Hall–Kier alpha value is -2.38. The Morgan fingerprint density at radius 2 is 1.23 bits per heavy atom. The third kappa shape index (κ3) is 15.1. The van der Waals surface area contributed by atoms with E-state index in [9.17, 15) is 9.59 Å². The number of hydrogen-bond acceptors (Lipinski definition) is 4. The van der Waals surface area contributed by atoms with Gasteiger partial charge in [0.05, 0.1) is 37.4 Å². The number of esters is 1. The van der Waals surface area contributed by atoms with Gasteiger partial charge < -0.3 is 36.3 Å². The Kier molecular flexibility index (Phi) is 21.6. The lowest BCUT2D eigenvalue weighted by atomic mass is 10.1. The molecule has 0 aromatic heterocycles. The van der Waals surface area contributed by atoms with E-state index < -0.39 is 0 Å². The van der Waals surface area contributed by atoms with Crippen LogP contribution in [0, 0.1) is 0 Å². The lowest BCUT2D eigenvalue weighted by molar-refractivity contribution is -0.925. The molecule has 2 aromatic carbocycles. The van der Waals surface area contributed by atoms with E-state index in [1.807, 2.05) is 18.2 Å². The minimum atomic E-state index is -0.326. The molecular formula is C37H59BrN2O4. The van der Waals surface area contributed by atoms with Gasteiger partial charge in [0, 0.05) is 5.69 Å². The molecular weight excluding hydrogens is 616 g/mol. The third-order valence-corrected chi connectivity index (χ3v) is 8.64. The average molecular weight is 676 g/mol. The number of nitrogens with zero attached hydrogens (tertiary/aromatic N) is 1. The average Bonchev–Trinajstić information content (AvgIpc) is 3.03. The number of carbonyl (C=O) groups is 2. The topological polar surface area (TPSA) is 64.6 Å². The molecule has 0 atom stereocenters. The first-order valence-corrected chi connectivity index (χ1v) is 17.1. The van der Waals surface area contributed by atoms with Gasteiger partial charge in [0.2, 0.25) is 0 Å². The zero-order chi connectivity index (χ0) is 31.2. The van der Waals surface area contributed by atoms with Gasteiger partial charge in [0.15, 0.2) is 0 Å². The van der Waals surface area contributed by atoms with Crippen molar-refractivity contribution in [2.75, 3.05) is 44.7 Å². The molecule has 0 aliphatic rings. The summed E-state index contributed by atoms with van der Waals surface area (Å²) in [5.74, 6) is 0.0324.